The Bertz CT molecular complexity index is 1160. The number of amides is 5. The molecule has 5 unspecified atom stereocenters. The Labute approximate surface area is 255 Å². The monoisotopic (exact) mass is 602 g/mol. The van der Waals surface area contributed by atoms with Crippen LogP contribution in [0.15, 0.2) is 30.3 Å². The second-order valence-corrected chi connectivity index (χ2v) is 13.1. The van der Waals surface area contributed by atoms with E-state index in [-0.39, 0.29) is 0 Å². The molecule has 0 radical (unpaired) electrons. The zero-order valence-electron chi connectivity index (χ0n) is 27.2. The number of carbonyl (C=O) groups excluding carboxylic acids is 6. The molecule has 0 aliphatic rings. The van der Waals surface area contributed by atoms with E-state index in [9.17, 15) is 28.8 Å². The van der Waals surface area contributed by atoms with Gasteiger partial charge in [-0.1, -0.05) is 78.8 Å². The molecular weight excluding hydrogens is 552 g/mol. The van der Waals surface area contributed by atoms with Crippen molar-refractivity contribution in [2.75, 3.05) is 14.1 Å². The van der Waals surface area contributed by atoms with Crippen LogP contribution in [0.4, 0.5) is 0 Å². The molecule has 1 aromatic rings. The number of hydrogen-bond donors (Lipinski definition) is 5. The Morgan fingerprint density at radius 1 is 0.791 bits per heavy atom. The molecule has 0 aliphatic carbocycles. The number of hydrogen-bond acceptors (Lipinski definition) is 7. The summed E-state index contributed by atoms with van der Waals surface area (Å²) in [4.78, 5) is 79.2. The Morgan fingerprint density at radius 3 is 1.81 bits per heavy atom. The fourth-order valence-corrected chi connectivity index (χ4v) is 4.03. The second kappa shape index (κ2) is 15.6. The molecule has 5 amide bonds. The minimum atomic E-state index is -1.40. The summed E-state index contributed by atoms with van der Waals surface area (Å²) in [6.07, 6.45) is 0.118. The van der Waals surface area contributed by atoms with Crippen molar-refractivity contribution in [2.45, 2.75) is 98.4 Å². The van der Waals surface area contributed by atoms with Crippen LogP contribution in [-0.2, 0) is 28.8 Å². The maximum atomic E-state index is 13.5. The lowest BCUT2D eigenvalue weighted by Gasteiger charge is -2.34. The summed E-state index contributed by atoms with van der Waals surface area (Å²) in [5, 5.41) is 10.4. The quantitative estimate of drug-likeness (QED) is 0.210. The molecule has 1 rings (SSSR count). The van der Waals surface area contributed by atoms with Gasteiger partial charge < -0.3 is 31.9 Å². The summed E-state index contributed by atoms with van der Waals surface area (Å²) in [5.41, 5.74) is 5.56. The number of nitrogens with two attached hydrogens (primary N) is 1. The van der Waals surface area contributed by atoms with Gasteiger partial charge in [0.25, 0.3) is 5.91 Å². The Kier molecular flexibility index (Phi) is 13.5. The van der Waals surface area contributed by atoms with Crippen LogP contribution in [0.2, 0.25) is 0 Å². The van der Waals surface area contributed by atoms with E-state index < -0.39 is 82.8 Å². The average Bonchev–Trinajstić information content (AvgIpc) is 2.91. The summed E-state index contributed by atoms with van der Waals surface area (Å²) in [6, 6.07) is 4.10. The summed E-state index contributed by atoms with van der Waals surface area (Å²) < 4.78 is 0. The number of benzene rings is 1. The lowest BCUT2D eigenvalue weighted by atomic mass is 9.83. The van der Waals surface area contributed by atoms with Crippen molar-refractivity contribution in [1.82, 2.24) is 26.2 Å². The van der Waals surface area contributed by atoms with Gasteiger partial charge in [-0.25, -0.2) is 0 Å². The number of ketones is 1. The molecule has 240 valence electrons. The van der Waals surface area contributed by atoms with Gasteiger partial charge in [-0.05, 0) is 29.7 Å². The van der Waals surface area contributed by atoms with E-state index in [1.54, 1.807) is 41.5 Å². The van der Waals surface area contributed by atoms with Crippen molar-refractivity contribution in [3.05, 3.63) is 35.9 Å². The van der Waals surface area contributed by atoms with Crippen LogP contribution in [0.5, 0.6) is 0 Å². The zero-order chi connectivity index (χ0) is 33.3. The third-order valence-corrected chi connectivity index (χ3v) is 7.03. The predicted octanol–water partition coefficient (Wildman–Crippen LogP) is 1.20. The number of nitrogens with zero attached hydrogens (tertiary/aromatic N) is 1. The molecule has 12 nitrogen and oxygen atoms in total. The predicted molar refractivity (Wildman–Crippen MR) is 164 cm³/mol. The molecule has 12 heteroatoms. The summed E-state index contributed by atoms with van der Waals surface area (Å²) in [6.45, 7) is 13.8. The van der Waals surface area contributed by atoms with Crippen molar-refractivity contribution in [3.63, 3.8) is 0 Å². The first-order valence-corrected chi connectivity index (χ1v) is 14.5. The van der Waals surface area contributed by atoms with Gasteiger partial charge in [0.15, 0.2) is 0 Å². The highest BCUT2D eigenvalue weighted by atomic mass is 16.2. The van der Waals surface area contributed by atoms with Crippen LogP contribution in [0.1, 0.15) is 79.8 Å². The van der Waals surface area contributed by atoms with Crippen LogP contribution in [0.3, 0.4) is 0 Å². The topological polar surface area (TPSA) is 180 Å². The van der Waals surface area contributed by atoms with Gasteiger partial charge in [0.05, 0.1) is 24.5 Å². The molecule has 0 saturated carbocycles. The van der Waals surface area contributed by atoms with Gasteiger partial charge in [0, 0.05) is 14.1 Å². The zero-order valence-corrected chi connectivity index (χ0v) is 27.2. The third kappa shape index (κ3) is 11.4. The first kappa shape index (κ1) is 37.2. The summed E-state index contributed by atoms with van der Waals surface area (Å²) in [5.74, 6) is -4.31. The largest absolute Gasteiger partial charge is 0.349 e. The molecule has 0 saturated heterocycles. The first-order valence-electron chi connectivity index (χ1n) is 14.5. The molecule has 0 spiro atoms. The van der Waals surface area contributed by atoms with Crippen molar-refractivity contribution >= 4 is 35.3 Å². The van der Waals surface area contributed by atoms with Gasteiger partial charge in [0.1, 0.15) is 12.1 Å². The molecular formula is C31H50N6O6. The fourth-order valence-electron chi connectivity index (χ4n) is 4.03. The molecule has 0 fully saturated rings. The fraction of sp³-hybridized carbons (Fsp3) is 0.613. The van der Waals surface area contributed by atoms with Gasteiger partial charge in [-0.2, -0.15) is 0 Å². The normalized spacial score (nSPS) is 15.1. The summed E-state index contributed by atoms with van der Waals surface area (Å²) >= 11 is 0. The number of carbonyl (C=O) groups is 6. The molecule has 0 heterocycles. The van der Waals surface area contributed by atoms with E-state index in [0.29, 0.717) is 6.42 Å². The SMILES string of the molecule is CCC(NC(=O)C(=O)C(C)NC(=O)C(CC(=O)N(C)C)NC(=O)C(NC(=O)C(N)C(C)(C)C)C(C)(C)C)c1ccccc1. The summed E-state index contributed by atoms with van der Waals surface area (Å²) in [7, 11) is 3.00. The lowest BCUT2D eigenvalue weighted by molar-refractivity contribution is -0.141. The smallest absolute Gasteiger partial charge is 0.290 e. The van der Waals surface area contributed by atoms with E-state index in [4.69, 9.17) is 5.73 Å². The maximum absolute atomic E-state index is 13.5. The van der Waals surface area contributed by atoms with Crippen molar-refractivity contribution in [2.24, 2.45) is 16.6 Å². The minimum Gasteiger partial charge on any atom is -0.349 e. The maximum Gasteiger partial charge on any atom is 0.290 e. The molecule has 0 aromatic heterocycles. The highest BCUT2D eigenvalue weighted by Crippen LogP contribution is 2.22. The van der Waals surface area contributed by atoms with Crippen LogP contribution < -0.4 is 27.0 Å². The highest BCUT2D eigenvalue weighted by Gasteiger charge is 2.38. The van der Waals surface area contributed by atoms with Crippen LogP contribution in [-0.4, -0.2) is 78.5 Å². The highest BCUT2D eigenvalue weighted by molar-refractivity contribution is 6.38. The third-order valence-electron chi connectivity index (χ3n) is 7.03. The minimum absolute atomic E-state index is 0.402. The lowest BCUT2D eigenvalue weighted by Crippen LogP contribution is -2.62. The van der Waals surface area contributed by atoms with Crippen LogP contribution in [0, 0.1) is 10.8 Å². The average molecular weight is 603 g/mol. The molecule has 6 N–H and O–H groups in total. The number of rotatable bonds is 13. The van der Waals surface area contributed by atoms with Crippen molar-refractivity contribution in [1.29, 1.82) is 0 Å². The van der Waals surface area contributed by atoms with Gasteiger partial charge in [-0.3, -0.25) is 28.8 Å². The van der Waals surface area contributed by atoms with E-state index >= 15 is 0 Å². The first-order chi connectivity index (χ1) is 19.7. The Hall–Kier alpha value is -3.80. The molecule has 5 atom stereocenters. The number of nitrogens with one attached hydrogen (secondary N) is 4. The second-order valence-electron chi connectivity index (χ2n) is 13.1. The van der Waals surface area contributed by atoms with E-state index in [1.807, 2.05) is 37.3 Å². The van der Waals surface area contributed by atoms with E-state index in [2.05, 4.69) is 21.3 Å². The van der Waals surface area contributed by atoms with Crippen molar-refractivity contribution < 1.29 is 28.8 Å². The standard InChI is InChI=1S/C31H50N6O6/c1-11-20(19-15-13-12-14-16-19)34-27(41)23(39)18(2)33-26(40)21(17-22(38)37(9)10)35-29(43)25(31(6,7)8)36-28(42)24(32)30(3,4)5/h12-16,18,20-21,24-25H,11,17,32H2,1-10H3,(H,33,40)(H,34,41)(H,35,43)(H,36,42). The molecule has 1 aromatic carbocycles. The van der Waals surface area contributed by atoms with E-state index in [0.717, 1.165) is 5.56 Å². The van der Waals surface area contributed by atoms with Gasteiger partial charge in [-0.15, -0.1) is 0 Å². The van der Waals surface area contributed by atoms with Crippen LogP contribution >= 0.6 is 0 Å². The van der Waals surface area contributed by atoms with Gasteiger partial charge in [0.2, 0.25) is 29.4 Å². The van der Waals surface area contributed by atoms with Gasteiger partial charge >= 0.3 is 0 Å². The molecule has 43 heavy (non-hydrogen) atoms. The number of Topliss-reactive ketones (excluding diaryl/α,β-unsaturated/α-hetero) is 1. The molecule has 0 aliphatic heterocycles. The molecule has 0 bridgehead atoms. The Morgan fingerprint density at radius 2 is 1.35 bits per heavy atom. The van der Waals surface area contributed by atoms with E-state index in [1.165, 1.54) is 25.9 Å². The van der Waals surface area contributed by atoms with Crippen LogP contribution in [0.25, 0.3) is 0 Å². The van der Waals surface area contributed by atoms with Crippen molar-refractivity contribution in [3.8, 4) is 0 Å². The Balaban J connectivity index is 3.12.